The summed E-state index contributed by atoms with van der Waals surface area (Å²) >= 11 is 8.20. The van der Waals surface area contributed by atoms with E-state index in [4.69, 9.17) is 11.6 Å². The summed E-state index contributed by atoms with van der Waals surface area (Å²) in [6.07, 6.45) is -2.61. The van der Waals surface area contributed by atoms with E-state index in [0.29, 0.717) is 22.8 Å². The average Bonchev–Trinajstić information content (AvgIpc) is 2.29. The highest BCUT2D eigenvalue weighted by molar-refractivity contribution is 14.1. The number of nitrogens with zero attached hydrogens (tertiary/aromatic N) is 1. The molecule has 0 unspecified atom stereocenters. The molecule has 0 aliphatic carbocycles. The summed E-state index contributed by atoms with van der Waals surface area (Å²) in [4.78, 5) is 3.93. The van der Waals surface area contributed by atoms with Crippen LogP contribution in [0.5, 0.6) is 0 Å². The summed E-state index contributed by atoms with van der Waals surface area (Å²) in [5.74, 6) is 0. The SMILES string of the molecule is CCNc1cc(C(F)F)nc2c(Cl)cc(I)cc12. The molecule has 2 aromatic rings. The fraction of sp³-hybridized carbons (Fsp3) is 0.250. The van der Waals surface area contributed by atoms with E-state index in [1.54, 1.807) is 6.07 Å². The Bertz CT molecular complexity index is 590. The van der Waals surface area contributed by atoms with Gasteiger partial charge in [-0.1, -0.05) is 11.6 Å². The predicted octanol–water partition coefficient (Wildman–Crippen LogP) is 4.86. The van der Waals surface area contributed by atoms with Gasteiger partial charge in [0.2, 0.25) is 0 Å². The molecule has 0 saturated heterocycles. The predicted molar refractivity (Wildman–Crippen MR) is 78.6 cm³/mol. The zero-order chi connectivity index (χ0) is 13.3. The Hall–Kier alpha value is -0.690. The second-order valence-corrected chi connectivity index (χ2v) is 5.36. The molecular weight excluding hydrogens is 372 g/mol. The second-order valence-electron chi connectivity index (χ2n) is 3.71. The highest BCUT2D eigenvalue weighted by Crippen LogP contribution is 2.33. The van der Waals surface area contributed by atoms with Gasteiger partial charge >= 0.3 is 0 Å². The zero-order valence-electron chi connectivity index (χ0n) is 9.48. The number of pyridine rings is 1. The molecule has 0 aliphatic rings. The molecular formula is C12H10ClF2IN2. The van der Waals surface area contributed by atoms with Gasteiger partial charge in [0.25, 0.3) is 6.43 Å². The van der Waals surface area contributed by atoms with E-state index in [-0.39, 0.29) is 5.69 Å². The van der Waals surface area contributed by atoms with Crippen LogP contribution in [0.15, 0.2) is 18.2 Å². The first-order valence-electron chi connectivity index (χ1n) is 5.34. The Morgan fingerprint density at radius 2 is 2.11 bits per heavy atom. The number of rotatable bonds is 3. The fourth-order valence-corrected chi connectivity index (χ4v) is 2.79. The molecule has 1 heterocycles. The minimum absolute atomic E-state index is 0.262. The summed E-state index contributed by atoms with van der Waals surface area (Å²) in [6.45, 7) is 2.55. The lowest BCUT2D eigenvalue weighted by Crippen LogP contribution is -2.01. The normalized spacial score (nSPS) is 11.2. The van der Waals surface area contributed by atoms with Crippen LogP contribution in [0.25, 0.3) is 10.9 Å². The van der Waals surface area contributed by atoms with Gasteiger partial charge in [0.15, 0.2) is 0 Å². The molecule has 0 bridgehead atoms. The summed E-state index contributed by atoms with van der Waals surface area (Å²) in [5.41, 5.74) is 0.783. The van der Waals surface area contributed by atoms with Crippen LogP contribution in [0.1, 0.15) is 19.0 Å². The first-order valence-corrected chi connectivity index (χ1v) is 6.80. The van der Waals surface area contributed by atoms with Crippen LogP contribution in [0.4, 0.5) is 14.5 Å². The highest BCUT2D eigenvalue weighted by atomic mass is 127. The van der Waals surface area contributed by atoms with Gasteiger partial charge in [0.1, 0.15) is 5.69 Å². The molecule has 0 saturated carbocycles. The molecule has 2 nitrogen and oxygen atoms in total. The van der Waals surface area contributed by atoms with E-state index in [1.165, 1.54) is 6.07 Å². The van der Waals surface area contributed by atoms with E-state index in [1.807, 2.05) is 13.0 Å². The van der Waals surface area contributed by atoms with Crippen LogP contribution in [0.2, 0.25) is 5.02 Å². The van der Waals surface area contributed by atoms with Crippen LogP contribution < -0.4 is 5.32 Å². The standard InChI is InChI=1S/C12H10ClF2IN2/c1-2-17-9-5-10(12(14)15)18-11-7(9)3-6(16)4-8(11)13/h3-5,12H,2H2,1H3,(H,17,18). The van der Waals surface area contributed by atoms with Crippen molar-refractivity contribution < 1.29 is 8.78 Å². The first kappa shape index (κ1) is 13.7. The van der Waals surface area contributed by atoms with Crippen molar-refractivity contribution in [1.29, 1.82) is 0 Å². The number of benzene rings is 1. The van der Waals surface area contributed by atoms with E-state index < -0.39 is 6.43 Å². The molecule has 0 atom stereocenters. The van der Waals surface area contributed by atoms with Crippen molar-refractivity contribution in [3.05, 3.63) is 32.5 Å². The maximum Gasteiger partial charge on any atom is 0.280 e. The van der Waals surface area contributed by atoms with Gasteiger partial charge in [-0.3, -0.25) is 0 Å². The van der Waals surface area contributed by atoms with Crippen molar-refractivity contribution in [2.75, 3.05) is 11.9 Å². The molecule has 0 amide bonds. The number of aromatic nitrogens is 1. The van der Waals surface area contributed by atoms with Crippen LogP contribution >= 0.6 is 34.2 Å². The lowest BCUT2D eigenvalue weighted by atomic mass is 10.1. The summed E-state index contributed by atoms with van der Waals surface area (Å²) in [7, 11) is 0. The van der Waals surface area contributed by atoms with Crippen LogP contribution in [0, 0.1) is 3.57 Å². The maximum atomic E-state index is 12.8. The Morgan fingerprint density at radius 1 is 1.39 bits per heavy atom. The lowest BCUT2D eigenvalue weighted by molar-refractivity contribution is 0.146. The monoisotopic (exact) mass is 382 g/mol. The fourth-order valence-electron chi connectivity index (χ4n) is 1.72. The third-order valence-corrected chi connectivity index (χ3v) is 3.35. The number of hydrogen-bond acceptors (Lipinski definition) is 2. The van der Waals surface area contributed by atoms with E-state index >= 15 is 0 Å². The van der Waals surface area contributed by atoms with Gasteiger partial charge in [0.05, 0.1) is 10.5 Å². The largest absolute Gasteiger partial charge is 0.385 e. The minimum atomic E-state index is -2.61. The van der Waals surface area contributed by atoms with Crippen molar-refractivity contribution >= 4 is 50.8 Å². The molecule has 6 heteroatoms. The number of anilines is 1. The van der Waals surface area contributed by atoms with Crippen molar-refractivity contribution in [2.24, 2.45) is 0 Å². The molecule has 18 heavy (non-hydrogen) atoms. The molecule has 1 N–H and O–H groups in total. The third kappa shape index (κ3) is 2.66. The Kier molecular flexibility index (Phi) is 4.21. The average molecular weight is 383 g/mol. The quantitative estimate of drug-likeness (QED) is 0.767. The van der Waals surface area contributed by atoms with Crippen molar-refractivity contribution in [3.8, 4) is 0 Å². The van der Waals surface area contributed by atoms with Crippen LogP contribution in [0.3, 0.4) is 0 Å². The number of alkyl halides is 2. The molecule has 2 rings (SSSR count). The highest BCUT2D eigenvalue weighted by Gasteiger charge is 2.15. The van der Waals surface area contributed by atoms with E-state index in [9.17, 15) is 8.78 Å². The number of hydrogen-bond donors (Lipinski definition) is 1. The van der Waals surface area contributed by atoms with Crippen LogP contribution in [-0.4, -0.2) is 11.5 Å². The maximum absolute atomic E-state index is 12.8. The number of nitrogens with one attached hydrogen (secondary N) is 1. The molecule has 0 fully saturated rings. The van der Waals surface area contributed by atoms with Gasteiger partial charge in [-0.15, -0.1) is 0 Å². The third-order valence-electron chi connectivity index (χ3n) is 2.44. The number of fused-ring (bicyclic) bond motifs is 1. The zero-order valence-corrected chi connectivity index (χ0v) is 12.4. The lowest BCUT2D eigenvalue weighted by Gasteiger charge is -2.11. The van der Waals surface area contributed by atoms with Gasteiger partial charge in [-0.2, -0.15) is 0 Å². The van der Waals surface area contributed by atoms with Crippen molar-refractivity contribution in [3.63, 3.8) is 0 Å². The molecule has 0 radical (unpaired) electrons. The minimum Gasteiger partial charge on any atom is -0.385 e. The Labute approximate surface area is 122 Å². The Morgan fingerprint density at radius 3 is 2.72 bits per heavy atom. The molecule has 0 spiro atoms. The van der Waals surface area contributed by atoms with Gasteiger partial charge in [-0.25, -0.2) is 13.8 Å². The molecule has 1 aromatic carbocycles. The number of halogens is 4. The topological polar surface area (TPSA) is 24.9 Å². The van der Waals surface area contributed by atoms with Crippen LogP contribution in [-0.2, 0) is 0 Å². The van der Waals surface area contributed by atoms with E-state index in [0.717, 1.165) is 8.96 Å². The first-order chi connectivity index (χ1) is 8.52. The summed E-state index contributed by atoms with van der Waals surface area (Å²) < 4.78 is 26.5. The van der Waals surface area contributed by atoms with E-state index in [2.05, 4.69) is 32.9 Å². The molecule has 96 valence electrons. The van der Waals surface area contributed by atoms with Gasteiger partial charge < -0.3 is 5.32 Å². The van der Waals surface area contributed by atoms with Gasteiger partial charge in [0, 0.05) is 21.2 Å². The summed E-state index contributed by atoms with van der Waals surface area (Å²) in [5, 5.41) is 4.21. The van der Waals surface area contributed by atoms with Gasteiger partial charge in [-0.05, 0) is 47.7 Å². The van der Waals surface area contributed by atoms with Crippen molar-refractivity contribution in [1.82, 2.24) is 4.98 Å². The Balaban J connectivity index is 2.76. The molecule has 0 aliphatic heterocycles. The smallest absolute Gasteiger partial charge is 0.280 e. The molecule has 1 aromatic heterocycles. The van der Waals surface area contributed by atoms with Crippen molar-refractivity contribution in [2.45, 2.75) is 13.3 Å². The second kappa shape index (κ2) is 5.52. The summed E-state index contributed by atoms with van der Waals surface area (Å²) in [6, 6.07) is 4.97.